The van der Waals surface area contributed by atoms with Gasteiger partial charge in [0.2, 0.25) is 5.91 Å². The van der Waals surface area contributed by atoms with Crippen LogP contribution in [-0.4, -0.2) is 31.6 Å². The average Bonchev–Trinajstić information content (AvgIpc) is 2.87. The van der Waals surface area contributed by atoms with E-state index in [9.17, 15) is 4.79 Å². The first-order chi connectivity index (χ1) is 9.24. The van der Waals surface area contributed by atoms with Gasteiger partial charge < -0.3 is 15.4 Å². The SMILES string of the molecule is O=C(CC1CCCN1)NCCOc1cccc(Br)c1. The predicted octanol–water partition coefficient (Wildman–Crippen LogP) is 2.09. The molecule has 19 heavy (non-hydrogen) atoms. The molecule has 0 aromatic heterocycles. The van der Waals surface area contributed by atoms with Gasteiger partial charge in [0, 0.05) is 16.9 Å². The lowest BCUT2D eigenvalue weighted by molar-refractivity contribution is -0.121. The molecule has 1 saturated heterocycles. The van der Waals surface area contributed by atoms with Crippen molar-refractivity contribution in [1.82, 2.24) is 10.6 Å². The number of carbonyl (C=O) groups excluding carboxylic acids is 1. The first-order valence-electron chi connectivity index (χ1n) is 6.62. The van der Waals surface area contributed by atoms with Crippen LogP contribution in [0, 0.1) is 0 Å². The Bertz CT molecular complexity index is 420. The van der Waals surface area contributed by atoms with E-state index in [1.807, 2.05) is 24.3 Å². The van der Waals surface area contributed by atoms with Crippen LogP contribution in [0.2, 0.25) is 0 Å². The fraction of sp³-hybridized carbons (Fsp3) is 0.500. The van der Waals surface area contributed by atoms with Crippen molar-refractivity contribution in [3.05, 3.63) is 28.7 Å². The molecule has 1 aromatic rings. The Labute approximate surface area is 122 Å². The molecule has 1 aliphatic rings. The average molecular weight is 327 g/mol. The summed E-state index contributed by atoms with van der Waals surface area (Å²) in [6, 6.07) is 8.03. The fourth-order valence-electron chi connectivity index (χ4n) is 2.14. The molecule has 0 spiro atoms. The molecule has 1 atom stereocenters. The van der Waals surface area contributed by atoms with Gasteiger partial charge in [0.15, 0.2) is 0 Å². The highest BCUT2D eigenvalue weighted by Crippen LogP contribution is 2.17. The van der Waals surface area contributed by atoms with Crippen LogP contribution in [-0.2, 0) is 4.79 Å². The molecule has 1 amide bonds. The number of hydrogen-bond donors (Lipinski definition) is 2. The molecule has 1 fully saturated rings. The molecule has 0 aliphatic carbocycles. The third kappa shape index (κ3) is 5.20. The Morgan fingerprint density at radius 1 is 1.53 bits per heavy atom. The molecular formula is C14H19BrN2O2. The van der Waals surface area contributed by atoms with Crippen molar-refractivity contribution in [2.45, 2.75) is 25.3 Å². The minimum Gasteiger partial charge on any atom is -0.492 e. The molecule has 1 unspecified atom stereocenters. The predicted molar refractivity (Wildman–Crippen MR) is 78.3 cm³/mol. The molecule has 104 valence electrons. The highest BCUT2D eigenvalue weighted by Gasteiger charge is 2.17. The fourth-order valence-corrected chi connectivity index (χ4v) is 2.52. The van der Waals surface area contributed by atoms with Crippen LogP contribution < -0.4 is 15.4 Å². The number of amides is 1. The maximum absolute atomic E-state index is 11.7. The highest BCUT2D eigenvalue weighted by atomic mass is 79.9. The van der Waals surface area contributed by atoms with Crippen molar-refractivity contribution < 1.29 is 9.53 Å². The summed E-state index contributed by atoms with van der Waals surface area (Å²) in [5.74, 6) is 0.901. The summed E-state index contributed by atoms with van der Waals surface area (Å²) in [4.78, 5) is 11.7. The Morgan fingerprint density at radius 3 is 3.16 bits per heavy atom. The summed E-state index contributed by atoms with van der Waals surface area (Å²) in [6.07, 6.45) is 2.84. The van der Waals surface area contributed by atoms with Crippen LogP contribution in [0.3, 0.4) is 0 Å². The lowest BCUT2D eigenvalue weighted by Crippen LogP contribution is -2.33. The number of carbonyl (C=O) groups is 1. The van der Waals surface area contributed by atoms with Gasteiger partial charge in [-0.25, -0.2) is 0 Å². The molecule has 0 bridgehead atoms. The first-order valence-corrected chi connectivity index (χ1v) is 7.42. The van der Waals surface area contributed by atoms with Gasteiger partial charge in [0.1, 0.15) is 12.4 Å². The monoisotopic (exact) mass is 326 g/mol. The third-order valence-electron chi connectivity index (χ3n) is 3.08. The molecule has 0 radical (unpaired) electrons. The Kier molecular flexibility index (Phi) is 5.66. The van der Waals surface area contributed by atoms with E-state index in [1.165, 1.54) is 6.42 Å². The summed E-state index contributed by atoms with van der Waals surface area (Å²) < 4.78 is 6.53. The second-order valence-electron chi connectivity index (χ2n) is 4.65. The van der Waals surface area contributed by atoms with Gasteiger partial charge in [-0.3, -0.25) is 4.79 Å². The maximum atomic E-state index is 11.7. The topological polar surface area (TPSA) is 50.4 Å². The second-order valence-corrected chi connectivity index (χ2v) is 5.57. The van der Waals surface area contributed by atoms with E-state index < -0.39 is 0 Å². The minimum atomic E-state index is 0.0947. The molecule has 2 N–H and O–H groups in total. The third-order valence-corrected chi connectivity index (χ3v) is 3.58. The van der Waals surface area contributed by atoms with Crippen molar-refractivity contribution in [2.24, 2.45) is 0 Å². The quantitative estimate of drug-likeness (QED) is 0.787. The molecule has 4 nitrogen and oxygen atoms in total. The van der Waals surface area contributed by atoms with Crippen LogP contribution in [0.5, 0.6) is 5.75 Å². The van der Waals surface area contributed by atoms with Crippen molar-refractivity contribution in [2.75, 3.05) is 19.7 Å². The van der Waals surface area contributed by atoms with Gasteiger partial charge in [0.25, 0.3) is 0 Å². The lowest BCUT2D eigenvalue weighted by atomic mass is 10.1. The van der Waals surface area contributed by atoms with E-state index in [-0.39, 0.29) is 5.91 Å². The van der Waals surface area contributed by atoms with Gasteiger partial charge in [-0.1, -0.05) is 22.0 Å². The van der Waals surface area contributed by atoms with E-state index >= 15 is 0 Å². The van der Waals surface area contributed by atoms with Crippen LogP contribution in [0.1, 0.15) is 19.3 Å². The van der Waals surface area contributed by atoms with E-state index in [4.69, 9.17) is 4.74 Å². The summed E-state index contributed by atoms with van der Waals surface area (Å²) >= 11 is 3.39. The van der Waals surface area contributed by atoms with E-state index in [0.29, 0.717) is 25.6 Å². The maximum Gasteiger partial charge on any atom is 0.221 e. The van der Waals surface area contributed by atoms with Crippen LogP contribution in [0.4, 0.5) is 0 Å². The Hall–Kier alpha value is -1.07. The lowest BCUT2D eigenvalue weighted by Gasteiger charge is -2.11. The Balaban J connectivity index is 1.59. The van der Waals surface area contributed by atoms with Crippen LogP contribution >= 0.6 is 15.9 Å². The molecule has 1 heterocycles. The van der Waals surface area contributed by atoms with E-state index in [2.05, 4.69) is 26.6 Å². The van der Waals surface area contributed by atoms with Crippen molar-refractivity contribution in [3.63, 3.8) is 0 Å². The first kappa shape index (κ1) is 14.3. The van der Waals surface area contributed by atoms with Gasteiger partial charge in [-0.2, -0.15) is 0 Å². The molecule has 2 rings (SSSR count). The van der Waals surface area contributed by atoms with Gasteiger partial charge >= 0.3 is 0 Å². The summed E-state index contributed by atoms with van der Waals surface area (Å²) in [7, 11) is 0. The normalized spacial score (nSPS) is 18.3. The van der Waals surface area contributed by atoms with Crippen LogP contribution in [0.25, 0.3) is 0 Å². The molecule has 5 heteroatoms. The number of halogens is 1. The van der Waals surface area contributed by atoms with Gasteiger partial charge in [0.05, 0.1) is 6.54 Å². The molecule has 1 aromatic carbocycles. The minimum absolute atomic E-state index is 0.0947. The summed E-state index contributed by atoms with van der Waals surface area (Å²) in [5, 5.41) is 6.19. The largest absolute Gasteiger partial charge is 0.492 e. The zero-order chi connectivity index (χ0) is 13.5. The molecule has 0 saturated carbocycles. The van der Waals surface area contributed by atoms with Gasteiger partial charge in [-0.15, -0.1) is 0 Å². The van der Waals surface area contributed by atoms with Crippen LogP contribution in [0.15, 0.2) is 28.7 Å². The number of ether oxygens (including phenoxy) is 1. The zero-order valence-corrected chi connectivity index (χ0v) is 12.4. The summed E-state index contributed by atoms with van der Waals surface area (Å²) in [6.45, 7) is 2.06. The number of hydrogen-bond acceptors (Lipinski definition) is 3. The number of rotatable bonds is 6. The van der Waals surface area contributed by atoms with Crippen molar-refractivity contribution in [1.29, 1.82) is 0 Å². The highest BCUT2D eigenvalue weighted by molar-refractivity contribution is 9.10. The smallest absolute Gasteiger partial charge is 0.221 e. The second kappa shape index (κ2) is 7.50. The van der Waals surface area contributed by atoms with E-state index in [0.717, 1.165) is 23.2 Å². The Morgan fingerprint density at radius 2 is 2.42 bits per heavy atom. The number of nitrogens with one attached hydrogen (secondary N) is 2. The standard InChI is InChI=1S/C14H19BrN2O2/c15-11-3-1-5-13(9-11)19-8-7-17-14(18)10-12-4-2-6-16-12/h1,3,5,9,12,16H,2,4,6-8,10H2,(H,17,18). The van der Waals surface area contributed by atoms with Crippen molar-refractivity contribution >= 4 is 21.8 Å². The number of benzene rings is 1. The molecular weight excluding hydrogens is 308 g/mol. The van der Waals surface area contributed by atoms with Crippen molar-refractivity contribution in [3.8, 4) is 5.75 Å². The molecule has 1 aliphatic heterocycles. The summed E-state index contributed by atoms with van der Waals surface area (Å²) in [5.41, 5.74) is 0. The van der Waals surface area contributed by atoms with E-state index in [1.54, 1.807) is 0 Å². The van der Waals surface area contributed by atoms with Gasteiger partial charge in [-0.05, 0) is 37.6 Å². The zero-order valence-electron chi connectivity index (χ0n) is 10.8.